The van der Waals surface area contributed by atoms with E-state index in [9.17, 15) is 19.2 Å². The van der Waals surface area contributed by atoms with Gasteiger partial charge in [0.15, 0.2) is 57.8 Å². The molecule has 6 rings (SSSR count). The average molecular weight is 999 g/mol. The number of benzene rings is 4. The first-order chi connectivity index (χ1) is 34.7. The lowest BCUT2D eigenvalue weighted by molar-refractivity contribution is -0.942. The highest BCUT2D eigenvalue weighted by Crippen LogP contribution is 2.45. The molecule has 0 saturated heterocycles. The lowest BCUT2D eigenvalue weighted by atomic mass is 9.85. The van der Waals surface area contributed by atoms with E-state index in [0.717, 1.165) is 33.4 Å². The molecule has 0 amide bonds. The Morgan fingerprint density at radius 2 is 0.819 bits per heavy atom. The molecule has 0 spiro atoms. The monoisotopic (exact) mass is 999 g/mol. The number of ether oxygens (including phenoxy) is 10. The highest BCUT2D eigenvalue weighted by molar-refractivity contribution is 5.88. The molecule has 4 unspecified atom stereocenters. The lowest BCUT2D eigenvalue weighted by Crippen LogP contribution is -2.55. The van der Waals surface area contributed by atoms with Gasteiger partial charge in [-0.2, -0.15) is 0 Å². The fourth-order valence-electron chi connectivity index (χ4n) is 10.6. The molecular weight excluding hydrogens is 925 g/mol. The quantitative estimate of drug-likeness (QED) is 0.0192. The number of esters is 2. The maximum Gasteiger partial charge on any atom is 0.322 e. The van der Waals surface area contributed by atoms with Crippen molar-refractivity contribution in [1.82, 2.24) is 0 Å². The molecule has 0 saturated carbocycles. The molecule has 0 radical (unpaired) electrons. The standard InChI is InChI=1S/C56H74N2O14/c1-57(21-19-39-29-51(67-7)53(69-9)31-43(39)45(57)25-37-15-17-47(63-3)49(27-37)65-5)33-41(35-59)55(61)71-23-13-11-12-14-24-72-56(62)42(36-60)34-58(2)22-20-40-30-52(68-8)54(70-10)32-44(40)46(58)26-38-16-18-48(64-4)50(28-38)66-6/h15-18,27-32,35-36,41-42,45-46H,11-14,19-26,33-34H2,1-10H3/q+2/t41?,42?,45-,46-,57?,58?/m1/s1. The highest BCUT2D eigenvalue weighted by atomic mass is 16.5. The van der Waals surface area contributed by atoms with E-state index >= 15 is 0 Å². The largest absolute Gasteiger partial charge is 0.493 e. The van der Waals surface area contributed by atoms with Gasteiger partial charge in [0.25, 0.3) is 0 Å². The molecule has 4 aromatic carbocycles. The van der Waals surface area contributed by atoms with Gasteiger partial charge in [-0.25, -0.2) is 0 Å². The number of likely N-dealkylation sites (N-methyl/N-ethyl adjacent to an activating group) is 2. The van der Waals surface area contributed by atoms with E-state index in [1.54, 1.807) is 56.9 Å². The molecule has 0 aliphatic carbocycles. The molecule has 16 heteroatoms. The summed E-state index contributed by atoms with van der Waals surface area (Å²) in [4.78, 5) is 52.4. The second-order valence-electron chi connectivity index (χ2n) is 19.1. The van der Waals surface area contributed by atoms with Crippen molar-refractivity contribution in [3.63, 3.8) is 0 Å². The zero-order valence-corrected chi connectivity index (χ0v) is 43.7. The van der Waals surface area contributed by atoms with Crippen LogP contribution in [0.4, 0.5) is 0 Å². The van der Waals surface area contributed by atoms with E-state index in [0.29, 0.717) is 132 Å². The van der Waals surface area contributed by atoms with E-state index in [-0.39, 0.29) is 38.4 Å². The topological polar surface area (TPSA) is 161 Å². The molecule has 0 aromatic heterocycles. The number of quaternary nitrogens is 2. The summed E-state index contributed by atoms with van der Waals surface area (Å²) in [7, 11) is 17.0. The van der Waals surface area contributed by atoms with Gasteiger partial charge in [-0.15, -0.1) is 0 Å². The number of rotatable bonds is 27. The molecule has 2 heterocycles. The highest BCUT2D eigenvalue weighted by Gasteiger charge is 2.45. The summed E-state index contributed by atoms with van der Waals surface area (Å²) in [6.45, 7) is 2.14. The third-order valence-corrected chi connectivity index (χ3v) is 14.7. The van der Waals surface area contributed by atoms with Crippen molar-refractivity contribution in [2.45, 2.75) is 63.5 Å². The lowest BCUT2D eigenvalue weighted by Gasteiger charge is -2.46. The van der Waals surface area contributed by atoms with Crippen molar-refractivity contribution in [2.75, 3.05) is 110 Å². The van der Waals surface area contributed by atoms with Crippen LogP contribution < -0.4 is 37.9 Å². The number of unbranched alkanes of at least 4 members (excludes halogenated alkanes) is 3. The minimum Gasteiger partial charge on any atom is -0.493 e. The number of carbonyl (C=O) groups excluding carboxylic acids is 4. The van der Waals surface area contributed by atoms with E-state index in [1.807, 2.05) is 60.7 Å². The minimum absolute atomic E-state index is 0.147. The first-order valence-corrected chi connectivity index (χ1v) is 24.6. The maximum absolute atomic E-state index is 13.5. The molecular formula is C56H74N2O14+2. The fraction of sp³-hybridized carbons (Fsp3) is 0.500. The van der Waals surface area contributed by atoms with Crippen molar-refractivity contribution in [3.8, 4) is 46.0 Å². The molecule has 16 nitrogen and oxygen atoms in total. The maximum atomic E-state index is 13.5. The van der Waals surface area contributed by atoms with Crippen LogP contribution in [0.1, 0.15) is 71.1 Å². The van der Waals surface area contributed by atoms with Gasteiger partial charge in [0, 0.05) is 36.8 Å². The predicted octanol–water partition coefficient (Wildman–Crippen LogP) is 7.31. The molecule has 0 fully saturated rings. The summed E-state index contributed by atoms with van der Waals surface area (Å²) in [5.74, 6) is 1.90. The Balaban J connectivity index is 1.02. The van der Waals surface area contributed by atoms with Gasteiger partial charge >= 0.3 is 11.9 Å². The molecule has 4 aromatic rings. The average Bonchev–Trinajstić information content (AvgIpc) is 3.40. The Morgan fingerprint density at radius 3 is 1.15 bits per heavy atom. The third-order valence-electron chi connectivity index (χ3n) is 14.7. The van der Waals surface area contributed by atoms with Gasteiger partial charge in [-0.1, -0.05) is 12.1 Å². The molecule has 2 aliphatic rings. The van der Waals surface area contributed by atoms with Crippen molar-refractivity contribution >= 4 is 24.5 Å². The van der Waals surface area contributed by atoms with Crippen LogP contribution in [0.15, 0.2) is 60.7 Å². The van der Waals surface area contributed by atoms with E-state index < -0.39 is 23.8 Å². The molecule has 2 aliphatic heterocycles. The number of fused-ring (bicyclic) bond motifs is 2. The van der Waals surface area contributed by atoms with Crippen LogP contribution in [0.5, 0.6) is 46.0 Å². The molecule has 390 valence electrons. The zero-order valence-electron chi connectivity index (χ0n) is 43.7. The summed E-state index contributed by atoms with van der Waals surface area (Å²) >= 11 is 0. The van der Waals surface area contributed by atoms with Crippen LogP contribution in [0.2, 0.25) is 0 Å². The Labute approximate surface area is 424 Å². The third kappa shape index (κ3) is 12.6. The van der Waals surface area contributed by atoms with Gasteiger partial charge in [-0.3, -0.25) is 9.59 Å². The van der Waals surface area contributed by atoms with Crippen LogP contribution >= 0.6 is 0 Å². The smallest absolute Gasteiger partial charge is 0.322 e. The number of carbonyl (C=O) groups is 4. The summed E-state index contributed by atoms with van der Waals surface area (Å²) < 4.78 is 57.2. The molecule has 0 bridgehead atoms. The van der Waals surface area contributed by atoms with Gasteiger partial charge in [0.2, 0.25) is 0 Å². The van der Waals surface area contributed by atoms with E-state index in [1.165, 1.54) is 0 Å². The van der Waals surface area contributed by atoms with Gasteiger partial charge < -0.3 is 65.9 Å². The first kappa shape index (κ1) is 54.8. The van der Waals surface area contributed by atoms with Crippen molar-refractivity contribution in [1.29, 1.82) is 0 Å². The van der Waals surface area contributed by atoms with Crippen molar-refractivity contribution in [3.05, 3.63) is 94.0 Å². The van der Waals surface area contributed by atoms with Crippen LogP contribution in [-0.2, 0) is 54.3 Å². The first-order valence-electron chi connectivity index (χ1n) is 24.6. The van der Waals surface area contributed by atoms with Gasteiger partial charge in [0.05, 0.1) is 110 Å². The Morgan fingerprint density at radius 1 is 0.486 bits per heavy atom. The number of aldehydes is 2. The van der Waals surface area contributed by atoms with Crippen molar-refractivity contribution < 1.29 is 75.5 Å². The Hall–Kier alpha value is -6.52. The molecule has 0 N–H and O–H groups in total. The summed E-state index contributed by atoms with van der Waals surface area (Å²) in [6.07, 6.45) is 6.55. The van der Waals surface area contributed by atoms with Crippen LogP contribution in [0, 0.1) is 11.8 Å². The second-order valence-corrected chi connectivity index (χ2v) is 19.1. The number of methoxy groups -OCH3 is 8. The fourth-order valence-corrected chi connectivity index (χ4v) is 10.6. The minimum atomic E-state index is -0.980. The van der Waals surface area contributed by atoms with Gasteiger partial charge in [-0.05, 0) is 96.5 Å². The predicted molar refractivity (Wildman–Crippen MR) is 270 cm³/mol. The summed E-state index contributed by atoms with van der Waals surface area (Å²) in [5, 5.41) is 0. The van der Waals surface area contributed by atoms with Gasteiger partial charge in [0.1, 0.15) is 24.7 Å². The van der Waals surface area contributed by atoms with E-state index in [4.69, 9.17) is 47.4 Å². The van der Waals surface area contributed by atoms with Crippen LogP contribution in [0.3, 0.4) is 0 Å². The number of hydrogen-bond donors (Lipinski definition) is 0. The SMILES string of the molecule is COc1ccc(C[C@@H]2c3cc(OC)c(OC)cc3CC[N+]2(C)CC(C=O)C(=O)OCCCCCCOC(=O)C(C=O)C[N+]2(C)CCc3cc(OC)c(OC)cc3[C@H]2Cc2ccc(OC)c(OC)c2)cc1OC. The Bertz CT molecular complexity index is 2340. The van der Waals surface area contributed by atoms with Crippen molar-refractivity contribution in [2.24, 2.45) is 11.8 Å². The molecule has 72 heavy (non-hydrogen) atoms. The number of hydrogen-bond acceptors (Lipinski definition) is 14. The second kappa shape index (κ2) is 25.2. The van der Waals surface area contributed by atoms with Crippen LogP contribution in [0.25, 0.3) is 0 Å². The zero-order chi connectivity index (χ0) is 52.0. The summed E-state index contributed by atoms with van der Waals surface area (Å²) in [5.41, 5.74) is 6.38. The number of nitrogens with zero attached hydrogens (tertiary/aromatic N) is 2. The molecule has 6 atom stereocenters. The van der Waals surface area contributed by atoms with E-state index in [2.05, 4.69) is 14.1 Å². The normalized spacial score (nSPS) is 19.8. The Kier molecular flexibility index (Phi) is 19.2. The summed E-state index contributed by atoms with van der Waals surface area (Å²) in [6, 6.07) is 19.5. The van der Waals surface area contributed by atoms with Crippen LogP contribution in [-0.4, -0.2) is 144 Å².